The monoisotopic (exact) mass is 332 g/mol. The fourth-order valence-corrected chi connectivity index (χ4v) is 7.38. The standard InChI is InChI=1S/C21H32O3/c1-13(22)21(24)11-8-18-16-5-4-14-12-15(23)6-9-19(14,2)17(16)7-10-20(18,21)3/h6,9,14-18,23-24H,4-5,7-8,10-12H2,1-3H3/t14?,15-,16?,17?,18?,19-,20-,21-/m0/s1. The molecule has 4 aliphatic rings. The van der Waals surface area contributed by atoms with Crippen LogP contribution in [0.15, 0.2) is 12.2 Å². The average molecular weight is 332 g/mol. The summed E-state index contributed by atoms with van der Waals surface area (Å²) in [6, 6.07) is 0. The van der Waals surface area contributed by atoms with E-state index in [1.807, 2.05) is 6.08 Å². The maximum atomic E-state index is 12.2. The molecule has 134 valence electrons. The quantitative estimate of drug-likeness (QED) is 0.723. The lowest BCUT2D eigenvalue weighted by atomic mass is 9.45. The van der Waals surface area contributed by atoms with Gasteiger partial charge in [0, 0.05) is 5.41 Å². The number of aliphatic hydroxyl groups excluding tert-OH is 1. The van der Waals surface area contributed by atoms with E-state index in [1.165, 1.54) is 12.8 Å². The van der Waals surface area contributed by atoms with Gasteiger partial charge in [-0.05, 0) is 81.0 Å². The molecular formula is C21H32O3. The van der Waals surface area contributed by atoms with Crippen LogP contribution in [-0.4, -0.2) is 27.7 Å². The number of rotatable bonds is 1. The zero-order chi connectivity index (χ0) is 17.3. The Balaban J connectivity index is 1.68. The first-order valence-corrected chi connectivity index (χ1v) is 9.83. The third kappa shape index (κ3) is 1.94. The van der Waals surface area contributed by atoms with Crippen LogP contribution in [0, 0.1) is 34.5 Å². The molecule has 4 unspecified atom stereocenters. The van der Waals surface area contributed by atoms with Gasteiger partial charge < -0.3 is 10.2 Å². The summed E-state index contributed by atoms with van der Waals surface area (Å²) in [6.07, 6.45) is 11.0. The second-order valence-corrected chi connectivity index (χ2v) is 9.59. The van der Waals surface area contributed by atoms with Gasteiger partial charge >= 0.3 is 0 Å². The van der Waals surface area contributed by atoms with Gasteiger partial charge in [-0.2, -0.15) is 0 Å². The van der Waals surface area contributed by atoms with E-state index in [0.29, 0.717) is 30.1 Å². The van der Waals surface area contributed by atoms with Crippen LogP contribution in [-0.2, 0) is 4.79 Å². The number of Topliss-reactive ketones (excluding diaryl/α,β-unsaturated/α-hetero) is 1. The summed E-state index contributed by atoms with van der Waals surface area (Å²) in [6.45, 7) is 6.14. The number of carbonyl (C=O) groups excluding carboxylic acids is 1. The Bertz CT molecular complexity index is 584. The molecule has 3 saturated carbocycles. The van der Waals surface area contributed by atoms with Crippen molar-refractivity contribution < 1.29 is 15.0 Å². The number of fused-ring (bicyclic) bond motifs is 5. The SMILES string of the molecule is CC(=O)[C@@]1(O)CCC2C3CCC4C[C@@H](O)C=C[C@]4(C)C3CC[C@@]21C. The zero-order valence-corrected chi connectivity index (χ0v) is 15.3. The molecule has 0 heterocycles. The van der Waals surface area contributed by atoms with E-state index in [2.05, 4.69) is 19.9 Å². The molecule has 0 aliphatic heterocycles. The molecule has 3 nitrogen and oxygen atoms in total. The van der Waals surface area contributed by atoms with Crippen molar-refractivity contribution in [3.8, 4) is 0 Å². The molecule has 8 atom stereocenters. The first-order chi connectivity index (χ1) is 11.2. The summed E-state index contributed by atoms with van der Waals surface area (Å²) in [7, 11) is 0. The van der Waals surface area contributed by atoms with Crippen molar-refractivity contribution in [1.82, 2.24) is 0 Å². The Labute approximate surface area is 145 Å². The predicted molar refractivity (Wildman–Crippen MR) is 93.3 cm³/mol. The minimum atomic E-state index is -1.11. The first kappa shape index (κ1) is 16.8. The summed E-state index contributed by atoms with van der Waals surface area (Å²) < 4.78 is 0. The topological polar surface area (TPSA) is 57.5 Å². The van der Waals surface area contributed by atoms with Crippen molar-refractivity contribution in [2.45, 2.75) is 77.4 Å². The Hall–Kier alpha value is -0.670. The van der Waals surface area contributed by atoms with E-state index >= 15 is 0 Å². The molecule has 4 aliphatic carbocycles. The molecule has 0 radical (unpaired) electrons. The van der Waals surface area contributed by atoms with Crippen molar-refractivity contribution in [2.24, 2.45) is 34.5 Å². The van der Waals surface area contributed by atoms with Gasteiger partial charge in [0.05, 0.1) is 6.10 Å². The largest absolute Gasteiger partial charge is 0.389 e. The second kappa shape index (κ2) is 5.17. The molecule has 2 N–H and O–H groups in total. The van der Waals surface area contributed by atoms with Gasteiger partial charge in [-0.25, -0.2) is 0 Å². The molecule has 0 saturated heterocycles. The Kier molecular flexibility index (Phi) is 3.61. The van der Waals surface area contributed by atoms with Gasteiger partial charge in [0.25, 0.3) is 0 Å². The number of ketones is 1. The highest BCUT2D eigenvalue weighted by atomic mass is 16.3. The summed E-state index contributed by atoms with van der Waals surface area (Å²) >= 11 is 0. The molecule has 0 spiro atoms. The molecule has 3 fully saturated rings. The molecule has 0 amide bonds. The normalized spacial score (nSPS) is 56.3. The molecular weight excluding hydrogens is 300 g/mol. The van der Waals surface area contributed by atoms with Crippen LogP contribution in [0.2, 0.25) is 0 Å². The van der Waals surface area contributed by atoms with Crippen LogP contribution in [0.3, 0.4) is 0 Å². The van der Waals surface area contributed by atoms with Crippen LogP contribution < -0.4 is 0 Å². The van der Waals surface area contributed by atoms with E-state index in [9.17, 15) is 15.0 Å². The Morgan fingerprint density at radius 1 is 1.08 bits per heavy atom. The molecule has 0 bridgehead atoms. The third-order valence-corrected chi connectivity index (χ3v) is 8.90. The maximum Gasteiger partial charge on any atom is 0.161 e. The number of carbonyl (C=O) groups is 1. The minimum Gasteiger partial charge on any atom is -0.389 e. The summed E-state index contributed by atoms with van der Waals surface area (Å²) in [5, 5.41) is 21.2. The number of hydrogen-bond acceptors (Lipinski definition) is 3. The van der Waals surface area contributed by atoms with Crippen LogP contribution in [0.4, 0.5) is 0 Å². The van der Waals surface area contributed by atoms with Crippen LogP contribution in [0.25, 0.3) is 0 Å². The van der Waals surface area contributed by atoms with E-state index in [4.69, 9.17) is 0 Å². The summed E-state index contributed by atoms with van der Waals surface area (Å²) in [4.78, 5) is 12.2. The molecule has 24 heavy (non-hydrogen) atoms. The molecule has 0 aromatic carbocycles. The van der Waals surface area contributed by atoms with E-state index in [-0.39, 0.29) is 22.7 Å². The number of aliphatic hydroxyl groups is 2. The van der Waals surface area contributed by atoms with Gasteiger partial charge in [0.2, 0.25) is 0 Å². The first-order valence-electron chi connectivity index (χ1n) is 9.83. The predicted octanol–water partition coefficient (Wildman–Crippen LogP) is 3.49. The van der Waals surface area contributed by atoms with Gasteiger partial charge in [-0.1, -0.05) is 26.0 Å². The van der Waals surface area contributed by atoms with Crippen LogP contribution >= 0.6 is 0 Å². The Morgan fingerprint density at radius 2 is 1.79 bits per heavy atom. The van der Waals surface area contributed by atoms with Crippen molar-refractivity contribution >= 4 is 5.78 Å². The van der Waals surface area contributed by atoms with Crippen molar-refractivity contribution in [3.05, 3.63) is 12.2 Å². The molecule has 3 heteroatoms. The fourth-order valence-electron chi connectivity index (χ4n) is 7.38. The highest BCUT2D eigenvalue weighted by molar-refractivity contribution is 5.86. The zero-order valence-electron chi connectivity index (χ0n) is 15.3. The van der Waals surface area contributed by atoms with Crippen molar-refractivity contribution in [1.29, 1.82) is 0 Å². The highest BCUT2D eigenvalue weighted by Gasteiger charge is 2.65. The number of allylic oxidation sites excluding steroid dienone is 1. The second-order valence-electron chi connectivity index (χ2n) is 9.59. The van der Waals surface area contributed by atoms with E-state index in [0.717, 1.165) is 25.7 Å². The van der Waals surface area contributed by atoms with Crippen molar-refractivity contribution in [3.63, 3.8) is 0 Å². The lowest BCUT2D eigenvalue weighted by Gasteiger charge is -2.60. The fraction of sp³-hybridized carbons (Fsp3) is 0.857. The maximum absolute atomic E-state index is 12.2. The summed E-state index contributed by atoms with van der Waals surface area (Å²) in [5.41, 5.74) is -1.18. The lowest BCUT2D eigenvalue weighted by Crippen LogP contribution is -2.57. The van der Waals surface area contributed by atoms with Gasteiger partial charge in [0.15, 0.2) is 5.78 Å². The van der Waals surface area contributed by atoms with Crippen LogP contribution in [0.5, 0.6) is 0 Å². The average Bonchev–Trinajstić information content (AvgIpc) is 2.81. The molecule has 0 aromatic rings. The van der Waals surface area contributed by atoms with Gasteiger partial charge in [-0.3, -0.25) is 4.79 Å². The highest BCUT2D eigenvalue weighted by Crippen LogP contribution is 2.67. The van der Waals surface area contributed by atoms with Gasteiger partial charge in [0.1, 0.15) is 5.60 Å². The smallest absolute Gasteiger partial charge is 0.161 e. The lowest BCUT2D eigenvalue weighted by molar-refractivity contribution is -0.163. The van der Waals surface area contributed by atoms with Crippen molar-refractivity contribution in [2.75, 3.05) is 0 Å². The van der Waals surface area contributed by atoms with E-state index in [1.54, 1.807) is 6.92 Å². The molecule has 4 rings (SSSR count). The third-order valence-electron chi connectivity index (χ3n) is 8.90. The van der Waals surface area contributed by atoms with Crippen LogP contribution in [0.1, 0.15) is 65.7 Å². The van der Waals surface area contributed by atoms with Gasteiger partial charge in [-0.15, -0.1) is 0 Å². The minimum absolute atomic E-state index is 0.0356. The Morgan fingerprint density at radius 3 is 2.50 bits per heavy atom. The van der Waals surface area contributed by atoms with E-state index < -0.39 is 5.60 Å². The number of hydrogen-bond donors (Lipinski definition) is 2. The summed E-state index contributed by atoms with van der Waals surface area (Å²) in [5.74, 6) is 2.25. The molecule has 0 aromatic heterocycles.